The van der Waals surface area contributed by atoms with Crippen molar-refractivity contribution >= 4 is 22.8 Å². The van der Waals surface area contributed by atoms with E-state index in [1.165, 1.54) is 6.07 Å². The molecule has 0 saturated carbocycles. The number of aromatic amines is 1. The van der Waals surface area contributed by atoms with Gasteiger partial charge in [0.05, 0.1) is 43.0 Å². The first-order chi connectivity index (χ1) is 18.0. The van der Waals surface area contributed by atoms with E-state index < -0.39 is 5.82 Å². The van der Waals surface area contributed by atoms with Gasteiger partial charge in [0.2, 0.25) is 0 Å². The van der Waals surface area contributed by atoms with Gasteiger partial charge in [-0.25, -0.2) is 9.37 Å². The van der Waals surface area contributed by atoms with Gasteiger partial charge in [-0.05, 0) is 29.7 Å². The molecule has 1 fully saturated rings. The molecule has 1 aliphatic heterocycles. The molecule has 4 aromatic rings. The summed E-state index contributed by atoms with van der Waals surface area (Å²) in [4.78, 5) is 19.9. The van der Waals surface area contributed by atoms with E-state index in [0.29, 0.717) is 48.3 Å². The molecule has 5 rings (SSSR count). The summed E-state index contributed by atoms with van der Waals surface area (Å²) in [5, 5.41) is 15.4. The van der Waals surface area contributed by atoms with Gasteiger partial charge in [0.25, 0.3) is 5.91 Å². The monoisotopic (exact) mass is 504 g/mol. The van der Waals surface area contributed by atoms with Crippen molar-refractivity contribution in [3.63, 3.8) is 0 Å². The lowest BCUT2D eigenvalue weighted by molar-refractivity contribution is 0.0588. The van der Waals surface area contributed by atoms with Gasteiger partial charge in [0.1, 0.15) is 11.5 Å². The van der Waals surface area contributed by atoms with Crippen molar-refractivity contribution in [3.05, 3.63) is 72.0 Å². The van der Waals surface area contributed by atoms with Gasteiger partial charge in [-0.15, -0.1) is 0 Å². The maximum Gasteiger partial charge on any atom is 0.251 e. The van der Waals surface area contributed by atoms with Gasteiger partial charge in [-0.3, -0.25) is 4.79 Å². The van der Waals surface area contributed by atoms with Crippen molar-refractivity contribution in [1.82, 2.24) is 15.3 Å². The van der Waals surface area contributed by atoms with Crippen LogP contribution in [0.2, 0.25) is 0 Å². The van der Waals surface area contributed by atoms with Gasteiger partial charge in [0, 0.05) is 36.9 Å². The summed E-state index contributed by atoms with van der Waals surface area (Å²) < 4.78 is 25.4. The van der Waals surface area contributed by atoms with Crippen LogP contribution in [0.4, 0.5) is 10.2 Å². The number of carbonyl (C=O) groups is 1. The SMILES string of the molecule is COCCNC(=O)c1ccc(-c2ccc(-c3nc4cc(NC5COC(CO)C5)[nH]c4cc3F)cc2)cc1. The second kappa shape index (κ2) is 11.1. The highest BCUT2D eigenvalue weighted by atomic mass is 19.1. The molecule has 0 aliphatic carbocycles. The summed E-state index contributed by atoms with van der Waals surface area (Å²) in [5.41, 5.74) is 4.67. The van der Waals surface area contributed by atoms with Crippen molar-refractivity contribution in [2.45, 2.75) is 18.6 Å². The zero-order valence-electron chi connectivity index (χ0n) is 20.5. The normalized spacial score (nSPS) is 17.3. The number of ether oxygens (including phenoxy) is 2. The van der Waals surface area contributed by atoms with Gasteiger partial charge in [0.15, 0.2) is 5.82 Å². The minimum atomic E-state index is -0.415. The quantitative estimate of drug-likeness (QED) is 0.257. The van der Waals surface area contributed by atoms with E-state index in [9.17, 15) is 14.3 Å². The third-order valence-electron chi connectivity index (χ3n) is 6.43. The Bertz CT molecular complexity index is 1370. The fraction of sp³-hybridized carbons (Fsp3) is 0.286. The fourth-order valence-corrected chi connectivity index (χ4v) is 4.47. The molecular formula is C28H29FN4O4. The number of aliphatic hydroxyl groups excluding tert-OH is 1. The molecule has 0 radical (unpaired) electrons. The van der Waals surface area contributed by atoms with E-state index in [1.807, 2.05) is 42.5 Å². The number of rotatable bonds is 9. The lowest BCUT2D eigenvalue weighted by Gasteiger charge is -2.09. The molecule has 2 aromatic carbocycles. The largest absolute Gasteiger partial charge is 0.394 e. The average Bonchev–Trinajstić information content (AvgIpc) is 3.54. The number of fused-ring (bicyclic) bond motifs is 1. The molecule has 0 spiro atoms. The molecule has 1 aliphatic rings. The molecule has 1 amide bonds. The lowest BCUT2D eigenvalue weighted by Crippen LogP contribution is -2.26. The van der Waals surface area contributed by atoms with Gasteiger partial charge >= 0.3 is 0 Å². The lowest BCUT2D eigenvalue weighted by atomic mass is 10.0. The van der Waals surface area contributed by atoms with Crippen LogP contribution in [0, 0.1) is 5.82 Å². The van der Waals surface area contributed by atoms with Gasteiger partial charge in [-0.2, -0.15) is 0 Å². The predicted octanol–water partition coefficient (Wildman–Crippen LogP) is 3.97. The number of hydrogen-bond acceptors (Lipinski definition) is 6. The summed E-state index contributed by atoms with van der Waals surface area (Å²) in [6.45, 7) is 1.42. The maximum absolute atomic E-state index is 15.0. The van der Waals surface area contributed by atoms with E-state index in [0.717, 1.165) is 16.9 Å². The first kappa shape index (κ1) is 24.9. The van der Waals surface area contributed by atoms with Crippen molar-refractivity contribution in [2.24, 2.45) is 0 Å². The number of pyridine rings is 1. The number of aliphatic hydroxyl groups is 1. The summed E-state index contributed by atoms with van der Waals surface area (Å²) in [7, 11) is 1.59. The van der Waals surface area contributed by atoms with Crippen molar-refractivity contribution in [2.75, 3.05) is 38.8 Å². The fourth-order valence-electron chi connectivity index (χ4n) is 4.47. The minimum Gasteiger partial charge on any atom is -0.394 e. The summed E-state index contributed by atoms with van der Waals surface area (Å²) >= 11 is 0. The number of nitrogens with zero attached hydrogens (tertiary/aromatic N) is 1. The smallest absolute Gasteiger partial charge is 0.251 e. The van der Waals surface area contributed by atoms with E-state index in [2.05, 4.69) is 20.6 Å². The molecule has 4 N–H and O–H groups in total. The molecule has 1 saturated heterocycles. The molecule has 192 valence electrons. The third-order valence-corrected chi connectivity index (χ3v) is 6.43. The van der Waals surface area contributed by atoms with Crippen LogP contribution in [0.1, 0.15) is 16.8 Å². The van der Waals surface area contributed by atoms with Crippen LogP contribution in [0.25, 0.3) is 33.4 Å². The summed E-state index contributed by atoms with van der Waals surface area (Å²) in [6, 6.07) is 18.2. The number of amides is 1. The number of halogens is 1. The molecular weight excluding hydrogens is 475 g/mol. The van der Waals surface area contributed by atoms with Crippen molar-refractivity contribution < 1.29 is 23.8 Å². The molecule has 2 aromatic heterocycles. The van der Waals surface area contributed by atoms with Crippen molar-refractivity contribution in [3.8, 4) is 22.4 Å². The first-order valence-electron chi connectivity index (χ1n) is 12.2. The van der Waals surface area contributed by atoms with Crippen LogP contribution in [0.3, 0.4) is 0 Å². The second-order valence-electron chi connectivity index (χ2n) is 9.05. The van der Waals surface area contributed by atoms with E-state index in [4.69, 9.17) is 9.47 Å². The summed E-state index contributed by atoms with van der Waals surface area (Å²) in [5.74, 6) is 0.171. The maximum atomic E-state index is 15.0. The van der Waals surface area contributed by atoms with Crippen LogP contribution in [-0.2, 0) is 9.47 Å². The highest BCUT2D eigenvalue weighted by Crippen LogP contribution is 2.29. The van der Waals surface area contributed by atoms with Crippen LogP contribution >= 0.6 is 0 Å². The van der Waals surface area contributed by atoms with Gasteiger partial charge < -0.3 is 30.2 Å². The zero-order valence-corrected chi connectivity index (χ0v) is 20.5. The Kier molecular flexibility index (Phi) is 7.45. The van der Waals surface area contributed by atoms with E-state index in [1.54, 1.807) is 19.2 Å². The molecule has 0 bridgehead atoms. The van der Waals surface area contributed by atoms with Crippen LogP contribution < -0.4 is 10.6 Å². The van der Waals surface area contributed by atoms with Crippen LogP contribution in [-0.4, -0.2) is 66.6 Å². The van der Waals surface area contributed by atoms with E-state index in [-0.39, 0.29) is 30.4 Å². The number of aromatic nitrogens is 2. The number of anilines is 1. The standard InChI is InChI=1S/C28H29FN4O4/c1-36-11-10-30-28(35)20-8-4-18(5-9-20)17-2-6-19(7-3-17)27-23(29)13-24-25(33-27)14-26(32-24)31-21-12-22(15-34)37-16-21/h2-9,13-14,21-22,31-32,34H,10-12,15-16H2,1H3,(H,30,35). The average molecular weight is 505 g/mol. The van der Waals surface area contributed by atoms with Gasteiger partial charge in [-0.1, -0.05) is 36.4 Å². The minimum absolute atomic E-state index is 0.00240. The Balaban J connectivity index is 1.30. The Morgan fingerprint density at radius 2 is 1.84 bits per heavy atom. The number of nitrogens with one attached hydrogen (secondary N) is 3. The number of H-pyrrole nitrogens is 1. The molecule has 2 atom stereocenters. The second-order valence-corrected chi connectivity index (χ2v) is 9.05. The van der Waals surface area contributed by atoms with E-state index >= 15 is 0 Å². The molecule has 9 heteroatoms. The third kappa shape index (κ3) is 5.64. The number of carbonyl (C=O) groups excluding carboxylic acids is 1. The molecule has 37 heavy (non-hydrogen) atoms. The predicted molar refractivity (Wildman–Crippen MR) is 140 cm³/mol. The highest BCUT2D eigenvalue weighted by Gasteiger charge is 2.25. The zero-order chi connectivity index (χ0) is 25.8. The number of benzene rings is 2. The first-order valence-corrected chi connectivity index (χ1v) is 12.2. The topological polar surface area (TPSA) is 108 Å². The Hall–Kier alpha value is -3.79. The van der Waals surface area contributed by atoms with Crippen LogP contribution in [0.15, 0.2) is 60.7 Å². The molecule has 3 heterocycles. The number of hydrogen-bond donors (Lipinski definition) is 4. The molecule has 2 unspecified atom stereocenters. The van der Waals surface area contributed by atoms with Crippen molar-refractivity contribution in [1.29, 1.82) is 0 Å². The number of methoxy groups -OCH3 is 1. The summed E-state index contributed by atoms with van der Waals surface area (Å²) in [6.07, 6.45) is 0.547. The Morgan fingerprint density at radius 3 is 2.51 bits per heavy atom. The Morgan fingerprint density at radius 1 is 1.14 bits per heavy atom. The van der Waals surface area contributed by atoms with Crippen LogP contribution in [0.5, 0.6) is 0 Å². The Labute approximate surface area is 213 Å². The highest BCUT2D eigenvalue weighted by molar-refractivity contribution is 5.94. The molecule has 8 nitrogen and oxygen atoms in total.